The van der Waals surface area contributed by atoms with Gasteiger partial charge < -0.3 is 0 Å². The minimum absolute atomic E-state index is 3.89. The van der Waals surface area contributed by atoms with Crippen molar-refractivity contribution in [2.24, 2.45) is 0 Å². The van der Waals surface area contributed by atoms with Crippen LogP contribution in [0.3, 0.4) is 0 Å². The molecule has 0 saturated carbocycles. The number of halogens is 11. The average Bonchev–Trinajstić information content (AvgIpc) is 2.15. The van der Waals surface area contributed by atoms with Crippen LogP contribution in [0.2, 0.25) is 0 Å². The monoisotopic (exact) mass is 298 g/mol. The standard InChI is InChI=1S/C6HClF10/c7-3(11)5(14,15)6(16,17)4(12,13)1(8)2(9)10/h3H. The van der Waals surface area contributed by atoms with Crippen LogP contribution in [0.5, 0.6) is 0 Å². The van der Waals surface area contributed by atoms with Crippen molar-refractivity contribution in [3.05, 3.63) is 11.9 Å². The first kappa shape index (κ1) is 16.3. The normalized spacial score (nSPS) is 15.7. The second-order valence-corrected chi connectivity index (χ2v) is 3.03. The molecule has 1 atom stereocenters. The molecule has 0 aromatic heterocycles. The van der Waals surface area contributed by atoms with Gasteiger partial charge in [0.05, 0.1) is 0 Å². The molecule has 1 unspecified atom stereocenters. The molecular weight excluding hydrogens is 297 g/mol. The van der Waals surface area contributed by atoms with Crippen LogP contribution in [0.1, 0.15) is 0 Å². The molecule has 11 heteroatoms. The van der Waals surface area contributed by atoms with Gasteiger partial charge >= 0.3 is 23.8 Å². The lowest BCUT2D eigenvalue weighted by molar-refractivity contribution is -0.309. The van der Waals surface area contributed by atoms with Gasteiger partial charge in [0.1, 0.15) is 0 Å². The topological polar surface area (TPSA) is 0 Å². The molecule has 102 valence electrons. The fourth-order valence-corrected chi connectivity index (χ4v) is 0.740. The van der Waals surface area contributed by atoms with Crippen LogP contribution in [-0.4, -0.2) is 23.4 Å². The SMILES string of the molecule is FC(F)=C(F)C(F)(F)C(F)(F)C(F)(F)C(F)Cl. The Morgan fingerprint density at radius 2 is 1.24 bits per heavy atom. The van der Waals surface area contributed by atoms with E-state index in [0.717, 1.165) is 0 Å². The summed E-state index contributed by atoms with van der Waals surface area (Å²) < 4.78 is 121. The molecule has 0 rings (SSSR count). The van der Waals surface area contributed by atoms with Crippen LogP contribution >= 0.6 is 11.6 Å². The molecule has 0 aromatic rings. The summed E-state index contributed by atoms with van der Waals surface area (Å²) >= 11 is 3.89. The molecule has 0 bridgehead atoms. The third-order valence-corrected chi connectivity index (χ3v) is 1.80. The Balaban J connectivity index is 5.70. The first-order chi connectivity index (χ1) is 7.30. The van der Waals surface area contributed by atoms with Crippen molar-refractivity contribution in [2.45, 2.75) is 23.4 Å². The maximum atomic E-state index is 12.4. The molecule has 0 nitrogen and oxygen atoms in total. The summed E-state index contributed by atoms with van der Waals surface area (Å²) in [5, 5.41) is 0. The maximum Gasteiger partial charge on any atom is 0.383 e. The van der Waals surface area contributed by atoms with Gasteiger partial charge in [-0.15, -0.1) is 0 Å². The fraction of sp³-hybridized carbons (Fsp3) is 0.667. The highest BCUT2D eigenvalue weighted by Gasteiger charge is 2.77. The van der Waals surface area contributed by atoms with Crippen molar-refractivity contribution in [3.63, 3.8) is 0 Å². The number of alkyl halides is 8. The Bertz CT molecular complexity index is 315. The molecule has 0 aliphatic carbocycles. The summed E-state index contributed by atoms with van der Waals surface area (Å²) in [5.74, 6) is -23.7. The van der Waals surface area contributed by atoms with Crippen LogP contribution in [0.25, 0.3) is 0 Å². The highest BCUT2D eigenvalue weighted by molar-refractivity contribution is 6.20. The van der Waals surface area contributed by atoms with E-state index in [9.17, 15) is 43.9 Å². The van der Waals surface area contributed by atoms with Crippen LogP contribution in [-0.2, 0) is 0 Å². The van der Waals surface area contributed by atoms with Crippen molar-refractivity contribution in [2.75, 3.05) is 0 Å². The lowest BCUT2D eigenvalue weighted by Gasteiger charge is -2.31. The van der Waals surface area contributed by atoms with Crippen molar-refractivity contribution in [1.29, 1.82) is 0 Å². The molecule has 0 saturated heterocycles. The van der Waals surface area contributed by atoms with E-state index in [4.69, 9.17) is 0 Å². The summed E-state index contributed by atoms with van der Waals surface area (Å²) in [6.07, 6.45) is -3.93. The van der Waals surface area contributed by atoms with Crippen LogP contribution < -0.4 is 0 Å². The zero-order valence-corrected chi connectivity index (χ0v) is 7.99. The molecule has 0 amide bonds. The predicted molar refractivity (Wildman–Crippen MR) is 35.9 cm³/mol. The van der Waals surface area contributed by atoms with Gasteiger partial charge in [0.2, 0.25) is 11.5 Å². The largest absolute Gasteiger partial charge is 0.383 e. The fourth-order valence-electron chi connectivity index (χ4n) is 0.603. The minimum Gasteiger partial charge on any atom is -0.223 e. The molecule has 0 radical (unpaired) electrons. The van der Waals surface area contributed by atoms with Crippen LogP contribution in [0, 0.1) is 0 Å². The summed E-state index contributed by atoms with van der Waals surface area (Å²) in [5.41, 5.74) is -4.32. The molecule has 0 N–H and O–H groups in total. The first-order valence-corrected chi connectivity index (χ1v) is 3.86. The highest BCUT2D eigenvalue weighted by atomic mass is 35.5. The van der Waals surface area contributed by atoms with Gasteiger partial charge in [-0.05, 0) is 0 Å². The van der Waals surface area contributed by atoms with Crippen molar-refractivity contribution >= 4 is 11.6 Å². The van der Waals surface area contributed by atoms with Crippen molar-refractivity contribution < 1.29 is 43.9 Å². The van der Waals surface area contributed by atoms with Gasteiger partial charge in [-0.3, -0.25) is 0 Å². The Hall–Kier alpha value is -0.670. The molecule has 0 aliphatic rings. The zero-order chi connectivity index (χ0) is 14.2. The van der Waals surface area contributed by atoms with E-state index in [1.807, 2.05) is 0 Å². The van der Waals surface area contributed by atoms with Gasteiger partial charge in [-0.25, -0.2) is 4.39 Å². The average molecular weight is 299 g/mol. The quantitative estimate of drug-likeness (QED) is 0.529. The number of rotatable bonds is 4. The predicted octanol–water partition coefficient (Wildman–Crippen LogP) is 4.50. The first-order valence-electron chi connectivity index (χ1n) is 3.43. The molecule has 0 aromatic carbocycles. The lowest BCUT2D eigenvalue weighted by Crippen LogP contribution is -2.57. The third kappa shape index (κ3) is 2.45. The third-order valence-electron chi connectivity index (χ3n) is 1.53. The van der Waals surface area contributed by atoms with E-state index in [-0.39, 0.29) is 0 Å². The Morgan fingerprint density at radius 3 is 1.47 bits per heavy atom. The summed E-state index contributed by atoms with van der Waals surface area (Å²) in [4.78, 5) is 0. The van der Waals surface area contributed by atoms with Crippen LogP contribution in [0.15, 0.2) is 11.9 Å². The van der Waals surface area contributed by atoms with Gasteiger partial charge in [0.25, 0.3) is 0 Å². The maximum absolute atomic E-state index is 12.4. The van der Waals surface area contributed by atoms with E-state index in [0.29, 0.717) is 0 Å². The van der Waals surface area contributed by atoms with E-state index in [1.54, 1.807) is 0 Å². The molecule has 0 aliphatic heterocycles. The highest BCUT2D eigenvalue weighted by Crippen LogP contribution is 2.52. The van der Waals surface area contributed by atoms with Crippen LogP contribution in [0.4, 0.5) is 43.9 Å². The minimum atomic E-state index is -6.77. The lowest BCUT2D eigenvalue weighted by atomic mass is 10.0. The smallest absolute Gasteiger partial charge is 0.223 e. The van der Waals surface area contributed by atoms with Gasteiger partial charge in [0.15, 0.2) is 0 Å². The van der Waals surface area contributed by atoms with E-state index < -0.39 is 35.3 Å². The second kappa shape index (κ2) is 4.54. The van der Waals surface area contributed by atoms with E-state index in [2.05, 4.69) is 11.6 Å². The molecule has 0 spiro atoms. The van der Waals surface area contributed by atoms with Gasteiger partial charge in [-0.2, -0.15) is 39.5 Å². The van der Waals surface area contributed by atoms with Crippen molar-refractivity contribution in [3.8, 4) is 0 Å². The Kier molecular flexibility index (Phi) is 4.36. The summed E-state index contributed by atoms with van der Waals surface area (Å²) in [7, 11) is 0. The Labute approximate surface area is 91.8 Å². The van der Waals surface area contributed by atoms with E-state index >= 15 is 0 Å². The molecule has 0 heterocycles. The zero-order valence-electron chi connectivity index (χ0n) is 7.23. The molecular formula is C6HClF10. The van der Waals surface area contributed by atoms with Gasteiger partial charge in [-0.1, -0.05) is 11.6 Å². The number of hydrogen-bond donors (Lipinski definition) is 0. The molecule has 0 fully saturated rings. The van der Waals surface area contributed by atoms with Crippen molar-refractivity contribution in [1.82, 2.24) is 0 Å². The second-order valence-electron chi connectivity index (χ2n) is 2.65. The summed E-state index contributed by atoms with van der Waals surface area (Å²) in [6, 6.07) is 0. The number of allylic oxidation sites excluding steroid dienone is 1. The van der Waals surface area contributed by atoms with Gasteiger partial charge in [0, 0.05) is 0 Å². The number of hydrogen-bond acceptors (Lipinski definition) is 0. The summed E-state index contributed by atoms with van der Waals surface area (Å²) in [6.45, 7) is 0. The molecule has 17 heavy (non-hydrogen) atoms. The Morgan fingerprint density at radius 1 is 0.882 bits per heavy atom. The van der Waals surface area contributed by atoms with E-state index in [1.165, 1.54) is 0 Å².